The Bertz CT molecular complexity index is 955. The second kappa shape index (κ2) is 8.68. The van der Waals surface area contributed by atoms with Crippen LogP contribution >= 0.6 is 0 Å². The Balaban J connectivity index is 1.21. The summed E-state index contributed by atoms with van der Waals surface area (Å²) < 4.78 is 12.0. The van der Waals surface area contributed by atoms with Crippen molar-refractivity contribution in [2.75, 3.05) is 18.5 Å². The van der Waals surface area contributed by atoms with Gasteiger partial charge >= 0.3 is 5.69 Å². The van der Waals surface area contributed by atoms with Gasteiger partial charge in [0.05, 0.1) is 13.2 Å². The molecule has 0 radical (unpaired) electrons. The van der Waals surface area contributed by atoms with Gasteiger partial charge in [-0.2, -0.15) is 4.98 Å². The monoisotopic (exact) mass is 427 g/mol. The zero-order valence-electron chi connectivity index (χ0n) is 17.5. The molecule has 6 atom stereocenters. The Morgan fingerprint density at radius 1 is 1.32 bits per heavy atom. The molecular formula is C23H29N3O5. The maximum atomic E-state index is 12.9. The van der Waals surface area contributed by atoms with Gasteiger partial charge in [-0.1, -0.05) is 18.2 Å². The lowest BCUT2D eigenvalue weighted by Crippen LogP contribution is -2.38. The van der Waals surface area contributed by atoms with Gasteiger partial charge in [0.2, 0.25) is 5.91 Å². The number of allylic oxidation sites excluding steroid dienone is 4. The van der Waals surface area contributed by atoms with Crippen LogP contribution in [0.2, 0.25) is 0 Å². The molecule has 1 amide bonds. The van der Waals surface area contributed by atoms with E-state index in [-0.39, 0.29) is 30.9 Å². The van der Waals surface area contributed by atoms with Crippen LogP contribution in [-0.4, -0.2) is 40.1 Å². The van der Waals surface area contributed by atoms with E-state index in [2.05, 4.69) is 28.5 Å². The Morgan fingerprint density at radius 2 is 2.23 bits per heavy atom. The number of hydrogen-bond donors (Lipinski definition) is 2. The number of nitrogens with zero attached hydrogens (tertiary/aromatic N) is 2. The van der Waals surface area contributed by atoms with Crippen LogP contribution in [0.3, 0.4) is 0 Å². The molecule has 8 heteroatoms. The number of fused-ring (bicyclic) bond motifs is 3. The minimum atomic E-state index is -0.734. The molecule has 8 nitrogen and oxygen atoms in total. The minimum Gasteiger partial charge on any atom is -0.391 e. The Morgan fingerprint density at radius 3 is 3.03 bits per heavy atom. The SMILES string of the molecule is O=C(Nc1ccn(C2COC(CO)O2)c(=O)n1)C1CCC2C(CC=C3C=CCCC32)C1. The number of amides is 1. The highest BCUT2D eigenvalue weighted by molar-refractivity contribution is 5.91. The van der Waals surface area contributed by atoms with E-state index in [0.717, 1.165) is 32.1 Å². The summed E-state index contributed by atoms with van der Waals surface area (Å²) in [6, 6.07) is 1.60. The van der Waals surface area contributed by atoms with Crippen LogP contribution in [0.25, 0.3) is 0 Å². The standard InChI is InChI=1S/C23H29N3O5/c27-12-21-30-13-20(31-21)26-10-9-19(25-23(26)29)24-22(28)16-7-8-18-15(11-16)6-5-14-3-1-2-4-17(14)18/h1,3,5,9-10,15-18,20-21,27H,2,4,6-8,11-13H2,(H,24,25,28,29). The van der Waals surface area contributed by atoms with Crippen molar-refractivity contribution in [2.45, 2.75) is 51.0 Å². The third-order valence-electron chi connectivity index (χ3n) is 7.24. The third-order valence-corrected chi connectivity index (χ3v) is 7.24. The summed E-state index contributed by atoms with van der Waals surface area (Å²) in [4.78, 5) is 29.3. The molecule has 1 saturated carbocycles. The van der Waals surface area contributed by atoms with E-state index < -0.39 is 18.2 Å². The lowest BCUT2D eigenvalue weighted by molar-refractivity contribution is -0.122. The number of carbonyl (C=O) groups is 1. The Kier molecular flexibility index (Phi) is 5.77. The van der Waals surface area contributed by atoms with Crippen molar-refractivity contribution in [3.8, 4) is 0 Å². The molecular weight excluding hydrogens is 398 g/mol. The molecule has 166 valence electrons. The van der Waals surface area contributed by atoms with Crippen molar-refractivity contribution in [3.63, 3.8) is 0 Å². The maximum absolute atomic E-state index is 12.9. The number of ether oxygens (including phenoxy) is 2. The van der Waals surface area contributed by atoms with Crippen LogP contribution < -0.4 is 11.0 Å². The zero-order chi connectivity index (χ0) is 21.4. The molecule has 3 aliphatic carbocycles. The first kappa shape index (κ1) is 20.6. The highest BCUT2D eigenvalue weighted by atomic mass is 16.7. The lowest BCUT2D eigenvalue weighted by Gasteiger charge is -2.44. The molecule has 1 saturated heterocycles. The zero-order valence-corrected chi connectivity index (χ0v) is 17.5. The smallest absolute Gasteiger partial charge is 0.351 e. The number of aliphatic hydroxyl groups is 1. The predicted molar refractivity (Wildman–Crippen MR) is 113 cm³/mol. The van der Waals surface area contributed by atoms with Crippen LogP contribution in [0.15, 0.2) is 40.9 Å². The van der Waals surface area contributed by atoms with Crippen LogP contribution in [0.5, 0.6) is 0 Å². The van der Waals surface area contributed by atoms with E-state index in [1.54, 1.807) is 12.3 Å². The summed E-state index contributed by atoms with van der Waals surface area (Å²) >= 11 is 0. The van der Waals surface area contributed by atoms with E-state index in [1.165, 1.54) is 16.6 Å². The Hall–Kier alpha value is -2.29. The molecule has 0 bridgehead atoms. The molecule has 2 N–H and O–H groups in total. The molecule has 2 fully saturated rings. The first-order valence-corrected chi connectivity index (χ1v) is 11.3. The van der Waals surface area contributed by atoms with Gasteiger partial charge in [-0.05, 0) is 67.9 Å². The van der Waals surface area contributed by atoms with Gasteiger partial charge < -0.3 is 19.9 Å². The average Bonchev–Trinajstić information content (AvgIpc) is 3.27. The highest BCUT2D eigenvalue weighted by Crippen LogP contribution is 2.48. The molecule has 0 spiro atoms. The van der Waals surface area contributed by atoms with Gasteiger partial charge in [0.25, 0.3) is 0 Å². The van der Waals surface area contributed by atoms with E-state index in [4.69, 9.17) is 14.6 Å². The predicted octanol–water partition coefficient (Wildman–Crippen LogP) is 2.37. The molecule has 6 unspecified atom stereocenters. The number of aromatic nitrogens is 2. The molecule has 31 heavy (non-hydrogen) atoms. The van der Waals surface area contributed by atoms with Gasteiger partial charge in [0.15, 0.2) is 12.5 Å². The fourth-order valence-corrected chi connectivity index (χ4v) is 5.69. The van der Waals surface area contributed by atoms with Crippen LogP contribution in [0, 0.1) is 23.7 Å². The second-order valence-electron chi connectivity index (χ2n) is 8.99. The fraction of sp³-hybridized carbons (Fsp3) is 0.609. The maximum Gasteiger partial charge on any atom is 0.351 e. The van der Waals surface area contributed by atoms with E-state index in [1.807, 2.05) is 0 Å². The first-order valence-electron chi connectivity index (χ1n) is 11.3. The number of anilines is 1. The Labute approximate surface area is 181 Å². The quantitative estimate of drug-likeness (QED) is 0.765. The van der Waals surface area contributed by atoms with Crippen molar-refractivity contribution in [1.29, 1.82) is 0 Å². The molecule has 0 aromatic carbocycles. The number of aliphatic hydroxyl groups excluding tert-OH is 1. The van der Waals surface area contributed by atoms with Gasteiger partial charge in [-0.3, -0.25) is 9.36 Å². The number of rotatable bonds is 4. The van der Waals surface area contributed by atoms with Crippen LogP contribution in [0.4, 0.5) is 5.82 Å². The first-order chi connectivity index (χ1) is 15.1. The van der Waals surface area contributed by atoms with Crippen molar-refractivity contribution in [1.82, 2.24) is 9.55 Å². The van der Waals surface area contributed by atoms with Crippen molar-refractivity contribution in [3.05, 3.63) is 46.5 Å². The molecule has 4 aliphatic rings. The summed E-state index contributed by atoms with van der Waals surface area (Å²) in [7, 11) is 0. The van der Waals surface area contributed by atoms with Crippen LogP contribution in [-0.2, 0) is 14.3 Å². The highest BCUT2D eigenvalue weighted by Gasteiger charge is 2.40. The normalized spacial score (nSPS) is 34.5. The number of carbonyl (C=O) groups excluding carboxylic acids is 1. The lowest BCUT2D eigenvalue weighted by atomic mass is 9.61. The second-order valence-corrected chi connectivity index (χ2v) is 8.99. The van der Waals surface area contributed by atoms with Crippen molar-refractivity contribution >= 4 is 11.7 Å². The number of nitrogens with one attached hydrogen (secondary N) is 1. The van der Waals surface area contributed by atoms with Crippen molar-refractivity contribution < 1.29 is 19.4 Å². The van der Waals surface area contributed by atoms with Crippen LogP contribution in [0.1, 0.15) is 44.8 Å². The van der Waals surface area contributed by atoms with Gasteiger partial charge in [0.1, 0.15) is 5.82 Å². The summed E-state index contributed by atoms with van der Waals surface area (Å²) in [6.45, 7) is -0.110. The average molecular weight is 428 g/mol. The van der Waals surface area contributed by atoms with Crippen molar-refractivity contribution in [2.24, 2.45) is 23.7 Å². The summed E-state index contributed by atoms with van der Waals surface area (Å²) in [6.07, 6.45) is 13.4. The molecule has 2 heterocycles. The summed E-state index contributed by atoms with van der Waals surface area (Å²) in [5.41, 5.74) is 0.978. The topological polar surface area (TPSA) is 103 Å². The molecule has 5 rings (SSSR count). The van der Waals surface area contributed by atoms with E-state index in [0.29, 0.717) is 17.8 Å². The number of hydrogen-bond acceptors (Lipinski definition) is 6. The third kappa shape index (κ3) is 4.12. The summed E-state index contributed by atoms with van der Waals surface area (Å²) in [5, 5.41) is 11.9. The fourth-order valence-electron chi connectivity index (χ4n) is 5.69. The van der Waals surface area contributed by atoms with Gasteiger partial charge in [0, 0.05) is 12.1 Å². The molecule has 1 aliphatic heterocycles. The summed E-state index contributed by atoms with van der Waals surface area (Å²) in [5.74, 6) is 2.07. The molecule has 1 aromatic heterocycles. The van der Waals surface area contributed by atoms with Gasteiger partial charge in [-0.25, -0.2) is 4.79 Å². The van der Waals surface area contributed by atoms with Gasteiger partial charge in [-0.15, -0.1) is 0 Å². The van der Waals surface area contributed by atoms with E-state index >= 15 is 0 Å². The molecule has 1 aromatic rings. The largest absolute Gasteiger partial charge is 0.391 e. The van der Waals surface area contributed by atoms with E-state index in [9.17, 15) is 9.59 Å². The minimum absolute atomic E-state index is 0.0450.